The third-order valence-corrected chi connectivity index (χ3v) is 2.81. The first-order valence-corrected chi connectivity index (χ1v) is 6.22. The Bertz CT molecular complexity index is 376. The van der Waals surface area contributed by atoms with E-state index < -0.39 is 0 Å². The number of aryl methyl sites for hydroxylation is 1. The number of hydrogen-bond donors (Lipinski definition) is 2. The number of imidazole rings is 1. The fourth-order valence-corrected chi connectivity index (χ4v) is 1.74. The number of rotatable bonds is 8. The number of aromatic nitrogens is 2. The van der Waals surface area contributed by atoms with Gasteiger partial charge < -0.3 is 15.6 Å². The molecule has 3 N–H and O–H groups in total. The number of nitrogens with two attached hydrogens (primary N) is 1. The van der Waals surface area contributed by atoms with E-state index in [4.69, 9.17) is 5.73 Å². The van der Waals surface area contributed by atoms with Crippen LogP contribution in [0.5, 0.6) is 0 Å². The molecule has 0 fully saturated rings. The topological polar surface area (TPSA) is 76.2 Å². The van der Waals surface area contributed by atoms with Crippen molar-refractivity contribution in [3.63, 3.8) is 0 Å². The van der Waals surface area contributed by atoms with Gasteiger partial charge in [-0.1, -0.05) is 6.92 Å². The molecule has 18 heavy (non-hydrogen) atoms. The van der Waals surface area contributed by atoms with Gasteiger partial charge in [0.05, 0.1) is 12.6 Å². The standard InChI is InChI=1S/C12H23N5O/c1-4-5-14-10(12(13)18)8-16(2)9-11-15-6-7-17(11)3/h6-7,10,14H,4-5,8-9H2,1-3H3,(H2,13,18). The van der Waals surface area contributed by atoms with Crippen LogP contribution in [0.2, 0.25) is 0 Å². The molecular formula is C12H23N5O. The lowest BCUT2D eigenvalue weighted by Crippen LogP contribution is -2.48. The first-order chi connectivity index (χ1) is 8.54. The summed E-state index contributed by atoms with van der Waals surface area (Å²) in [5.41, 5.74) is 5.38. The fraction of sp³-hybridized carbons (Fsp3) is 0.667. The highest BCUT2D eigenvalue weighted by Gasteiger charge is 2.17. The molecule has 0 spiro atoms. The molecule has 0 saturated carbocycles. The van der Waals surface area contributed by atoms with Crippen LogP contribution in [0, 0.1) is 0 Å². The predicted octanol–water partition coefficient (Wildman–Crippen LogP) is -0.295. The molecule has 1 heterocycles. The zero-order valence-electron chi connectivity index (χ0n) is 11.4. The maximum Gasteiger partial charge on any atom is 0.235 e. The largest absolute Gasteiger partial charge is 0.368 e. The lowest BCUT2D eigenvalue weighted by atomic mass is 10.2. The Morgan fingerprint density at radius 3 is 2.89 bits per heavy atom. The van der Waals surface area contributed by atoms with Gasteiger partial charge in [-0.25, -0.2) is 4.98 Å². The molecule has 0 aliphatic rings. The van der Waals surface area contributed by atoms with Crippen molar-refractivity contribution in [3.05, 3.63) is 18.2 Å². The average Bonchev–Trinajstić information content (AvgIpc) is 2.70. The van der Waals surface area contributed by atoms with Crippen LogP contribution in [0.15, 0.2) is 12.4 Å². The molecule has 6 nitrogen and oxygen atoms in total. The number of likely N-dealkylation sites (N-methyl/N-ethyl adjacent to an activating group) is 1. The van der Waals surface area contributed by atoms with E-state index in [-0.39, 0.29) is 11.9 Å². The monoisotopic (exact) mass is 253 g/mol. The van der Waals surface area contributed by atoms with Crippen molar-refractivity contribution >= 4 is 5.91 Å². The molecular weight excluding hydrogens is 230 g/mol. The summed E-state index contributed by atoms with van der Waals surface area (Å²) in [4.78, 5) is 17.6. The Morgan fingerprint density at radius 1 is 1.67 bits per heavy atom. The van der Waals surface area contributed by atoms with Gasteiger partial charge in [0.2, 0.25) is 5.91 Å². The third-order valence-electron chi connectivity index (χ3n) is 2.81. The van der Waals surface area contributed by atoms with Gasteiger partial charge in [-0.3, -0.25) is 9.69 Å². The highest BCUT2D eigenvalue weighted by atomic mass is 16.1. The van der Waals surface area contributed by atoms with Crippen LogP contribution in [-0.2, 0) is 18.4 Å². The van der Waals surface area contributed by atoms with Gasteiger partial charge >= 0.3 is 0 Å². The fourth-order valence-electron chi connectivity index (χ4n) is 1.74. The summed E-state index contributed by atoms with van der Waals surface area (Å²) in [7, 11) is 3.91. The maximum absolute atomic E-state index is 11.3. The predicted molar refractivity (Wildman–Crippen MR) is 70.8 cm³/mol. The maximum atomic E-state index is 11.3. The molecule has 0 aliphatic heterocycles. The summed E-state index contributed by atoms with van der Waals surface area (Å²) in [6.45, 7) is 4.13. The zero-order chi connectivity index (χ0) is 13.5. The Kier molecular flexibility index (Phi) is 5.80. The van der Waals surface area contributed by atoms with Crippen LogP contribution >= 0.6 is 0 Å². The molecule has 0 saturated heterocycles. The molecule has 1 atom stereocenters. The summed E-state index contributed by atoms with van der Waals surface area (Å²) < 4.78 is 1.97. The molecule has 1 unspecified atom stereocenters. The molecule has 0 aliphatic carbocycles. The number of carbonyl (C=O) groups is 1. The van der Waals surface area contributed by atoms with Crippen LogP contribution in [0.25, 0.3) is 0 Å². The van der Waals surface area contributed by atoms with E-state index in [9.17, 15) is 4.79 Å². The number of primary amides is 1. The van der Waals surface area contributed by atoms with Gasteiger partial charge in [-0.15, -0.1) is 0 Å². The average molecular weight is 253 g/mol. The smallest absolute Gasteiger partial charge is 0.235 e. The molecule has 0 aromatic carbocycles. The second-order valence-corrected chi connectivity index (χ2v) is 4.56. The molecule has 6 heteroatoms. The van der Waals surface area contributed by atoms with Crippen LogP contribution in [-0.4, -0.2) is 46.5 Å². The van der Waals surface area contributed by atoms with Crippen molar-refractivity contribution in [3.8, 4) is 0 Å². The van der Waals surface area contributed by atoms with E-state index in [1.807, 2.05) is 29.8 Å². The molecule has 1 amide bonds. The number of nitrogens with one attached hydrogen (secondary N) is 1. The minimum absolute atomic E-state index is 0.310. The van der Waals surface area contributed by atoms with Crippen molar-refractivity contribution in [1.29, 1.82) is 0 Å². The lowest BCUT2D eigenvalue weighted by molar-refractivity contribution is -0.120. The molecule has 1 rings (SSSR count). The Hall–Kier alpha value is -1.40. The van der Waals surface area contributed by atoms with E-state index >= 15 is 0 Å². The number of hydrogen-bond acceptors (Lipinski definition) is 4. The van der Waals surface area contributed by atoms with Gasteiger partial charge in [0.25, 0.3) is 0 Å². The van der Waals surface area contributed by atoms with Crippen molar-refractivity contribution < 1.29 is 4.79 Å². The first-order valence-electron chi connectivity index (χ1n) is 6.22. The minimum atomic E-state index is -0.310. The molecule has 0 radical (unpaired) electrons. The number of carbonyl (C=O) groups excluding carboxylic acids is 1. The molecule has 1 aromatic rings. The van der Waals surface area contributed by atoms with E-state index in [0.717, 1.165) is 18.8 Å². The van der Waals surface area contributed by atoms with Gasteiger partial charge in [-0.05, 0) is 20.0 Å². The highest BCUT2D eigenvalue weighted by Crippen LogP contribution is 2.00. The lowest BCUT2D eigenvalue weighted by Gasteiger charge is -2.22. The summed E-state index contributed by atoms with van der Waals surface area (Å²) in [5.74, 6) is 0.659. The molecule has 102 valence electrons. The Morgan fingerprint density at radius 2 is 2.39 bits per heavy atom. The number of amides is 1. The van der Waals surface area contributed by atoms with Gasteiger partial charge in [-0.2, -0.15) is 0 Å². The normalized spacial score (nSPS) is 12.9. The Balaban J connectivity index is 2.48. The third kappa shape index (κ3) is 4.46. The van der Waals surface area contributed by atoms with E-state index in [0.29, 0.717) is 13.1 Å². The highest BCUT2D eigenvalue weighted by molar-refractivity contribution is 5.80. The molecule has 0 bridgehead atoms. The minimum Gasteiger partial charge on any atom is -0.368 e. The second-order valence-electron chi connectivity index (χ2n) is 4.56. The second kappa shape index (κ2) is 7.13. The van der Waals surface area contributed by atoms with Crippen molar-refractivity contribution in [1.82, 2.24) is 19.8 Å². The summed E-state index contributed by atoms with van der Waals surface area (Å²) >= 11 is 0. The SMILES string of the molecule is CCCNC(CN(C)Cc1nccn1C)C(N)=O. The van der Waals surface area contributed by atoms with Gasteiger partial charge in [0.15, 0.2) is 0 Å². The van der Waals surface area contributed by atoms with Crippen LogP contribution < -0.4 is 11.1 Å². The summed E-state index contributed by atoms with van der Waals surface area (Å²) in [6.07, 6.45) is 4.65. The molecule has 1 aromatic heterocycles. The Labute approximate surface area is 108 Å². The van der Waals surface area contributed by atoms with Gasteiger partial charge in [0, 0.05) is 26.0 Å². The quantitative estimate of drug-likeness (QED) is 0.667. The number of nitrogens with zero attached hydrogens (tertiary/aromatic N) is 3. The zero-order valence-corrected chi connectivity index (χ0v) is 11.4. The van der Waals surface area contributed by atoms with E-state index in [2.05, 4.69) is 17.2 Å². The van der Waals surface area contributed by atoms with Gasteiger partial charge in [0.1, 0.15) is 5.82 Å². The summed E-state index contributed by atoms with van der Waals surface area (Å²) in [6, 6.07) is -0.310. The summed E-state index contributed by atoms with van der Waals surface area (Å²) in [5, 5.41) is 3.15. The van der Waals surface area contributed by atoms with Crippen molar-refractivity contribution in [2.45, 2.75) is 25.9 Å². The van der Waals surface area contributed by atoms with Crippen LogP contribution in [0.1, 0.15) is 19.2 Å². The first kappa shape index (κ1) is 14.7. The van der Waals surface area contributed by atoms with E-state index in [1.165, 1.54) is 0 Å². The van der Waals surface area contributed by atoms with Crippen molar-refractivity contribution in [2.75, 3.05) is 20.1 Å². The van der Waals surface area contributed by atoms with Crippen LogP contribution in [0.4, 0.5) is 0 Å². The van der Waals surface area contributed by atoms with Crippen molar-refractivity contribution in [2.24, 2.45) is 12.8 Å². The van der Waals surface area contributed by atoms with E-state index in [1.54, 1.807) is 6.20 Å². The van der Waals surface area contributed by atoms with Crippen LogP contribution in [0.3, 0.4) is 0 Å².